The molecule has 5 fully saturated rings. The largest absolute Gasteiger partial charge is 0.481 e. The van der Waals surface area contributed by atoms with E-state index in [1.165, 1.54) is 18.9 Å². The van der Waals surface area contributed by atoms with Gasteiger partial charge in [-0.15, -0.1) is 0 Å². The molecule has 0 radical (unpaired) electrons. The Bertz CT molecular complexity index is 2090. The number of aromatic nitrogens is 4. The molecule has 1 amide bonds. The van der Waals surface area contributed by atoms with Crippen LogP contribution in [0.1, 0.15) is 68.9 Å². The van der Waals surface area contributed by atoms with Crippen LogP contribution in [-0.2, 0) is 4.79 Å². The van der Waals surface area contributed by atoms with E-state index in [-0.39, 0.29) is 23.0 Å². The SMILES string of the molecule is C=CC(=O)N1CC2(CCN(c3nc(N4CC[C@H](N5CCC(C)CC5)C4)nc4c(OCC(F)(F)F)c(-c5c(C)ccc6[nH]ncc56)c(C5CC5)cc34)CC2)C1. The molecule has 54 heavy (non-hydrogen) atoms. The molecule has 6 heterocycles. The minimum atomic E-state index is -4.55. The van der Waals surface area contributed by atoms with Gasteiger partial charge < -0.3 is 19.4 Å². The molecule has 1 atom stereocenters. The maximum atomic E-state index is 14.2. The normalized spacial score (nSPS) is 22.4. The van der Waals surface area contributed by atoms with Gasteiger partial charge >= 0.3 is 6.18 Å². The molecule has 1 aliphatic carbocycles. The predicted molar refractivity (Wildman–Crippen MR) is 204 cm³/mol. The molecule has 2 aromatic carbocycles. The topological polar surface area (TPSA) is 93.7 Å². The highest BCUT2D eigenvalue weighted by Gasteiger charge is 2.47. The van der Waals surface area contributed by atoms with Crippen LogP contribution in [-0.4, -0.2) is 107 Å². The number of likely N-dealkylation sites (tertiary alicyclic amines) is 2. The summed E-state index contributed by atoms with van der Waals surface area (Å²) >= 11 is 0. The summed E-state index contributed by atoms with van der Waals surface area (Å²) in [5, 5.41) is 8.94. The number of aryl methyl sites for hydroxylation is 1. The fourth-order valence-electron chi connectivity index (χ4n) is 9.51. The second-order valence-electron chi connectivity index (χ2n) is 16.7. The Kier molecular flexibility index (Phi) is 8.78. The summed E-state index contributed by atoms with van der Waals surface area (Å²) in [7, 11) is 0. The molecule has 10 nitrogen and oxygen atoms in total. The zero-order chi connectivity index (χ0) is 37.4. The highest BCUT2D eigenvalue weighted by Crippen LogP contribution is 2.53. The number of nitrogens with one attached hydrogen (secondary N) is 1. The van der Waals surface area contributed by atoms with E-state index in [2.05, 4.69) is 44.5 Å². The first-order valence-corrected chi connectivity index (χ1v) is 19.7. The molecule has 286 valence electrons. The highest BCUT2D eigenvalue weighted by atomic mass is 19.4. The fourth-order valence-corrected chi connectivity index (χ4v) is 9.51. The molecule has 9 rings (SSSR count). The molecule has 13 heteroatoms. The predicted octanol–water partition coefficient (Wildman–Crippen LogP) is 7.23. The van der Waals surface area contributed by atoms with Gasteiger partial charge in [-0.2, -0.15) is 23.3 Å². The Hall–Kier alpha value is -4.39. The number of halogens is 3. The smallest absolute Gasteiger partial charge is 0.422 e. The lowest BCUT2D eigenvalue weighted by Crippen LogP contribution is -2.61. The molecule has 5 aliphatic rings. The van der Waals surface area contributed by atoms with Crippen molar-refractivity contribution in [3.05, 3.63) is 48.2 Å². The van der Waals surface area contributed by atoms with Crippen molar-refractivity contribution < 1.29 is 22.7 Å². The van der Waals surface area contributed by atoms with Gasteiger partial charge in [0.1, 0.15) is 11.3 Å². The molecule has 4 aromatic rings. The molecule has 1 N–H and O–H groups in total. The Balaban J connectivity index is 1.18. The number of benzene rings is 2. The first-order valence-electron chi connectivity index (χ1n) is 19.7. The maximum absolute atomic E-state index is 14.2. The zero-order valence-electron chi connectivity index (χ0n) is 31.2. The van der Waals surface area contributed by atoms with Crippen LogP contribution in [0.25, 0.3) is 32.9 Å². The number of nitrogens with zero attached hydrogens (tertiary/aromatic N) is 7. The van der Waals surface area contributed by atoms with Gasteiger partial charge in [0, 0.05) is 67.1 Å². The van der Waals surface area contributed by atoms with Gasteiger partial charge in [0.25, 0.3) is 0 Å². The second-order valence-corrected chi connectivity index (χ2v) is 16.7. The average molecular weight is 743 g/mol. The van der Waals surface area contributed by atoms with Crippen molar-refractivity contribution >= 4 is 39.5 Å². The quantitative estimate of drug-likeness (QED) is 0.189. The van der Waals surface area contributed by atoms with Crippen LogP contribution in [0, 0.1) is 18.3 Å². The number of piperidine rings is 2. The van der Waals surface area contributed by atoms with Gasteiger partial charge in [0.2, 0.25) is 11.9 Å². The lowest BCUT2D eigenvalue weighted by Gasteiger charge is -2.54. The van der Waals surface area contributed by atoms with E-state index >= 15 is 0 Å². The van der Waals surface area contributed by atoms with E-state index in [1.807, 2.05) is 24.0 Å². The van der Waals surface area contributed by atoms with Crippen LogP contribution in [0.5, 0.6) is 5.75 Å². The van der Waals surface area contributed by atoms with E-state index in [9.17, 15) is 18.0 Å². The van der Waals surface area contributed by atoms with Crippen LogP contribution in [0.15, 0.2) is 37.1 Å². The van der Waals surface area contributed by atoms with Crippen molar-refractivity contribution in [3.63, 3.8) is 0 Å². The number of alkyl halides is 3. The van der Waals surface area contributed by atoms with E-state index in [0.29, 0.717) is 23.1 Å². The van der Waals surface area contributed by atoms with Crippen molar-refractivity contribution in [1.82, 2.24) is 30.0 Å². The van der Waals surface area contributed by atoms with E-state index in [4.69, 9.17) is 14.7 Å². The number of H-pyrrole nitrogens is 1. The summed E-state index contributed by atoms with van der Waals surface area (Å²) in [6, 6.07) is 6.48. The number of carbonyl (C=O) groups excluding carboxylic acids is 1. The van der Waals surface area contributed by atoms with Crippen LogP contribution in [0.3, 0.4) is 0 Å². The lowest BCUT2D eigenvalue weighted by atomic mass is 9.72. The van der Waals surface area contributed by atoms with Gasteiger partial charge in [0.05, 0.1) is 11.7 Å². The van der Waals surface area contributed by atoms with Crippen LogP contribution >= 0.6 is 0 Å². The Labute approximate surface area is 313 Å². The number of hydrogen-bond donors (Lipinski definition) is 1. The van der Waals surface area contributed by atoms with Gasteiger partial charge in [-0.3, -0.25) is 14.8 Å². The standard InChI is InChI=1S/C41H49F3N8O2/c1-4-33(53)52-22-40(23-52)12-17-50(18-13-40)38-30-19-29(27-6-7-27)35(34-26(3)5-8-32-31(34)20-45-48-32)37(54-24-41(42,43)44)36(30)46-39(47-38)51-16-11-28(21-51)49-14-9-25(2)10-15-49/h4-5,8,19-20,25,27-28H,1,6-7,9-18,21-24H2,2-3H3,(H,45,48)/t28-/m0/s1. The number of rotatable bonds is 8. The van der Waals surface area contributed by atoms with E-state index < -0.39 is 12.8 Å². The first kappa shape index (κ1) is 35.3. The maximum Gasteiger partial charge on any atom is 0.422 e. The molecule has 2 aromatic heterocycles. The minimum absolute atomic E-state index is 0.0337. The van der Waals surface area contributed by atoms with Crippen LogP contribution < -0.4 is 14.5 Å². The molecular weight excluding hydrogens is 693 g/mol. The number of aromatic amines is 1. The van der Waals surface area contributed by atoms with Gasteiger partial charge in [-0.05, 0) is 112 Å². The summed E-state index contributed by atoms with van der Waals surface area (Å²) in [6.07, 6.45) is 5.63. The monoisotopic (exact) mass is 742 g/mol. The number of carbonyl (C=O) groups is 1. The average Bonchev–Trinajstić information content (AvgIpc) is 3.67. The third-order valence-electron chi connectivity index (χ3n) is 12.9. The number of ether oxygens (including phenoxy) is 1. The lowest BCUT2D eigenvalue weighted by molar-refractivity contribution is -0.153. The van der Waals surface area contributed by atoms with Crippen molar-refractivity contribution in [3.8, 4) is 16.9 Å². The van der Waals surface area contributed by atoms with Crippen molar-refractivity contribution in [2.45, 2.75) is 76.9 Å². The Morgan fingerprint density at radius 3 is 2.46 bits per heavy atom. The molecule has 1 spiro atoms. The fraction of sp³-hybridized carbons (Fsp3) is 0.561. The summed E-state index contributed by atoms with van der Waals surface area (Å²) in [5.74, 6) is 2.35. The molecule has 4 aliphatic heterocycles. The number of fused-ring (bicyclic) bond motifs is 2. The molecule has 0 bridgehead atoms. The van der Waals surface area contributed by atoms with Gasteiger partial charge in [-0.25, -0.2) is 4.98 Å². The van der Waals surface area contributed by atoms with Crippen LogP contribution in [0.4, 0.5) is 24.9 Å². The third-order valence-corrected chi connectivity index (χ3v) is 12.9. The van der Waals surface area contributed by atoms with Crippen molar-refractivity contribution in [2.75, 3.05) is 68.8 Å². The zero-order valence-corrected chi connectivity index (χ0v) is 31.2. The number of anilines is 2. The van der Waals surface area contributed by atoms with E-state index in [1.54, 1.807) is 6.20 Å². The van der Waals surface area contributed by atoms with Crippen molar-refractivity contribution in [1.29, 1.82) is 0 Å². The summed E-state index contributed by atoms with van der Waals surface area (Å²) in [4.78, 5) is 31.8. The molecule has 4 saturated heterocycles. The molecule has 1 saturated carbocycles. The Morgan fingerprint density at radius 2 is 1.76 bits per heavy atom. The van der Waals surface area contributed by atoms with Crippen LogP contribution in [0.2, 0.25) is 0 Å². The number of amides is 1. The number of hydrogen-bond acceptors (Lipinski definition) is 8. The second kappa shape index (κ2) is 13.4. The summed E-state index contributed by atoms with van der Waals surface area (Å²) < 4.78 is 48.5. The van der Waals surface area contributed by atoms with Crippen molar-refractivity contribution in [2.24, 2.45) is 11.3 Å². The Morgan fingerprint density at radius 1 is 1.00 bits per heavy atom. The van der Waals surface area contributed by atoms with Gasteiger partial charge in [-0.1, -0.05) is 19.6 Å². The molecular formula is C41H49F3N8O2. The molecule has 0 unspecified atom stereocenters. The minimum Gasteiger partial charge on any atom is -0.481 e. The summed E-state index contributed by atoms with van der Waals surface area (Å²) in [6.45, 7) is 13.1. The van der Waals surface area contributed by atoms with Gasteiger partial charge in [0.15, 0.2) is 12.4 Å². The third kappa shape index (κ3) is 6.45. The summed E-state index contributed by atoms with van der Waals surface area (Å²) in [5.41, 5.74) is 4.69. The first-order chi connectivity index (χ1) is 26.0. The van der Waals surface area contributed by atoms with E-state index in [0.717, 1.165) is 129 Å². The highest BCUT2D eigenvalue weighted by molar-refractivity contribution is 6.06.